The molecule has 0 saturated heterocycles. The standard InChI is InChI=1S/C12H15BrIN3O2/c1-2-8(6-11(15)17-19)16-12(18)9-5-7(14)3-4-10(9)13/h3-5,8,19H,2,6H2,1H3,(H2,15,17)(H,16,18). The predicted octanol–water partition coefficient (Wildman–Crippen LogP) is 2.70. The minimum atomic E-state index is -0.178. The number of hydrogen-bond acceptors (Lipinski definition) is 3. The second-order valence-electron chi connectivity index (χ2n) is 4.00. The number of amidine groups is 1. The third-order valence-corrected chi connectivity index (χ3v) is 3.95. The van der Waals surface area contributed by atoms with Gasteiger partial charge in [0, 0.05) is 20.5 Å². The van der Waals surface area contributed by atoms with Gasteiger partial charge >= 0.3 is 0 Å². The molecule has 5 nitrogen and oxygen atoms in total. The zero-order valence-corrected chi connectivity index (χ0v) is 14.1. The third-order valence-electron chi connectivity index (χ3n) is 2.59. The molecule has 0 fully saturated rings. The Kier molecular flexibility index (Phi) is 6.56. The van der Waals surface area contributed by atoms with Crippen LogP contribution < -0.4 is 11.1 Å². The minimum absolute atomic E-state index is 0.105. The first-order valence-corrected chi connectivity index (χ1v) is 7.57. The number of nitrogens with one attached hydrogen (secondary N) is 1. The lowest BCUT2D eigenvalue weighted by atomic mass is 10.1. The van der Waals surface area contributed by atoms with Crippen LogP contribution >= 0.6 is 38.5 Å². The van der Waals surface area contributed by atoms with Crippen LogP contribution in [0.15, 0.2) is 27.8 Å². The molecule has 0 heterocycles. The molecule has 1 atom stereocenters. The number of nitrogens with two attached hydrogens (primary N) is 1. The van der Waals surface area contributed by atoms with Gasteiger partial charge in [0.15, 0.2) is 0 Å². The minimum Gasteiger partial charge on any atom is -0.409 e. The quantitative estimate of drug-likeness (QED) is 0.217. The number of benzene rings is 1. The number of rotatable bonds is 5. The first-order chi connectivity index (χ1) is 8.97. The fraction of sp³-hybridized carbons (Fsp3) is 0.333. The first-order valence-electron chi connectivity index (χ1n) is 5.70. The maximum atomic E-state index is 12.2. The molecular weight excluding hydrogens is 425 g/mol. The number of nitrogens with zero attached hydrogens (tertiary/aromatic N) is 1. The lowest BCUT2D eigenvalue weighted by Crippen LogP contribution is -2.37. The molecule has 1 rings (SSSR count). The van der Waals surface area contributed by atoms with Gasteiger partial charge in [0.1, 0.15) is 5.84 Å². The van der Waals surface area contributed by atoms with E-state index in [9.17, 15) is 4.79 Å². The molecule has 0 radical (unpaired) electrons. The molecule has 4 N–H and O–H groups in total. The van der Waals surface area contributed by atoms with E-state index in [1.165, 1.54) is 0 Å². The van der Waals surface area contributed by atoms with Gasteiger partial charge in [-0.15, -0.1) is 0 Å². The molecule has 0 spiro atoms. The normalized spacial score (nSPS) is 13.1. The van der Waals surface area contributed by atoms with Crippen molar-refractivity contribution in [1.82, 2.24) is 5.32 Å². The number of oxime groups is 1. The van der Waals surface area contributed by atoms with Crippen LogP contribution in [0.2, 0.25) is 0 Å². The van der Waals surface area contributed by atoms with Crippen molar-refractivity contribution in [2.75, 3.05) is 0 Å². The van der Waals surface area contributed by atoms with E-state index in [0.29, 0.717) is 18.4 Å². The molecule has 104 valence electrons. The fourth-order valence-electron chi connectivity index (χ4n) is 1.53. The predicted molar refractivity (Wildman–Crippen MR) is 86.4 cm³/mol. The van der Waals surface area contributed by atoms with Crippen LogP contribution in [0.4, 0.5) is 0 Å². The van der Waals surface area contributed by atoms with Crippen LogP contribution in [-0.4, -0.2) is 23.0 Å². The Bertz CT molecular complexity index is 494. The Morgan fingerprint density at radius 2 is 2.32 bits per heavy atom. The molecule has 1 aromatic rings. The van der Waals surface area contributed by atoms with Crippen molar-refractivity contribution in [1.29, 1.82) is 0 Å². The molecule has 7 heteroatoms. The van der Waals surface area contributed by atoms with Crippen LogP contribution in [0, 0.1) is 3.57 Å². The van der Waals surface area contributed by atoms with E-state index in [1.807, 2.05) is 19.1 Å². The second-order valence-corrected chi connectivity index (χ2v) is 6.10. The van der Waals surface area contributed by atoms with Crippen molar-refractivity contribution in [3.8, 4) is 0 Å². The molecule has 0 aliphatic carbocycles. The van der Waals surface area contributed by atoms with Gasteiger partial charge in [0.2, 0.25) is 0 Å². The van der Waals surface area contributed by atoms with Crippen LogP contribution in [0.1, 0.15) is 30.1 Å². The Hall–Kier alpha value is -0.830. The van der Waals surface area contributed by atoms with Crippen molar-refractivity contribution >= 4 is 50.3 Å². The summed E-state index contributed by atoms with van der Waals surface area (Å²) < 4.78 is 1.72. The summed E-state index contributed by atoms with van der Waals surface area (Å²) >= 11 is 5.51. The Labute approximate surface area is 133 Å². The highest BCUT2D eigenvalue weighted by atomic mass is 127. The van der Waals surface area contributed by atoms with Gasteiger partial charge in [-0.3, -0.25) is 4.79 Å². The summed E-state index contributed by atoms with van der Waals surface area (Å²) in [6, 6.07) is 5.39. The molecule has 1 amide bonds. The van der Waals surface area contributed by atoms with Crippen molar-refractivity contribution < 1.29 is 10.0 Å². The van der Waals surface area contributed by atoms with Gasteiger partial charge in [-0.2, -0.15) is 0 Å². The Morgan fingerprint density at radius 1 is 1.63 bits per heavy atom. The Morgan fingerprint density at radius 3 is 2.89 bits per heavy atom. The van der Waals surface area contributed by atoms with Gasteiger partial charge in [-0.05, 0) is 63.1 Å². The topological polar surface area (TPSA) is 87.7 Å². The molecular formula is C12H15BrIN3O2. The monoisotopic (exact) mass is 439 g/mol. The Balaban J connectivity index is 2.80. The fourth-order valence-corrected chi connectivity index (χ4v) is 2.44. The molecule has 0 aromatic heterocycles. The largest absolute Gasteiger partial charge is 0.409 e. The number of carbonyl (C=O) groups excluding carboxylic acids is 1. The number of carbonyl (C=O) groups is 1. The molecule has 1 unspecified atom stereocenters. The summed E-state index contributed by atoms with van der Waals surface area (Å²) in [4.78, 5) is 12.2. The molecule has 1 aromatic carbocycles. The molecule has 0 aliphatic rings. The van der Waals surface area contributed by atoms with E-state index in [-0.39, 0.29) is 17.8 Å². The number of amides is 1. The van der Waals surface area contributed by atoms with Crippen LogP contribution in [-0.2, 0) is 0 Å². The molecule has 0 aliphatic heterocycles. The van der Waals surface area contributed by atoms with E-state index in [1.54, 1.807) is 6.07 Å². The molecule has 0 bridgehead atoms. The summed E-state index contributed by atoms with van der Waals surface area (Å²) in [5.41, 5.74) is 6.03. The van der Waals surface area contributed by atoms with Crippen molar-refractivity contribution in [3.05, 3.63) is 31.8 Å². The smallest absolute Gasteiger partial charge is 0.252 e. The average Bonchev–Trinajstić information content (AvgIpc) is 2.40. The highest BCUT2D eigenvalue weighted by molar-refractivity contribution is 14.1. The van der Waals surface area contributed by atoms with Crippen molar-refractivity contribution in [2.45, 2.75) is 25.8 Å². The van der Waals surface area contributed by atoms with E-state index in [0.717, 1.165) is 8.04 Å². The highest BCUT2D eigenvalue weighted by Gasteiger charge is 2.16. The van der Waals surface area contributed by atoms with Crippen molar-refractivity contribution in [2.24, 2.45) is 10.9 Å². The zero-order valence-electron chi connectivity index (χ0n) is 10.4. The second kappa shape index (κ2) is 7.68. The lowest BCUT2D eigenvalue weighted by Gasteiger charge is -2.16. The number of hydrogen-bond donors (Lipinski definition) is 3. The third kappa shape index (κ3) is 4.98. The summed E-state index contributed by atoms with van der Waals surface area (Å²) in [6.45, 7) is 1.93. The molecule has 19 heavy (non-hydrogen) atoms. The van der Waals surface area contributed by atoms with E-state index < -0.39 is 0 Å². The van der Waals surface area contributed by atoms with Crippen LogP contribution in [0.3, 0.4) is 0 Å². The van der Waals surface area contributed by atoms with Gasteiger partial charge in [0.25, 0.3) is 5.91 Å². The molecule has 0 saturated carbocycles. The summed E-state index contributed by atoms with van der Waals surface area (Å²) in [7, 11) is 0. The van der Waals surface area contributed by atoms with Gasteiger partial charge in [-0.25, -0.2) is 0 Å². The highest BCUT2D eigenvalue weighted by Crippen LogP contribution is 2.19. The maximum absolute atomic E-state index is 12.2. The number of halogens is 2. The van der Waals surface area contributed by atoms with E-state index in [2.05, 4.69) is 49.0 Å². The SMILES string of the molecule is CCC(C/C(N)=N/O)NC(=O)c1cc(I)ccc1Br. The lowest BCUT2D eigenvalue weighted by molar-refractivity contribution is 0.0936. The first kappa shape index (κ1) is 16.2. The summed E-state index contributed by atoms with van der Waals surface area (Å²) in [5.74, 6) is -0.0724. The van der Waals surface area contributed by atoms with Gasteiger partial charge in [-0.1, -0.05) is 12.1 Å². The van der Waals surface area contributed by atoms with Gasteiger partial charge in [0.05, 0.1) is 5.56 Å². The van der Waals surface area contributed by atoms with Gasteiger partial charge < -0.3 is 16.3 Å². The maximum Gasteiger partial charge on any atom is 0.252 e. The van der Waals surface area contributed by atoms with E-state index in [4.69, 9.17) is 10.9 Å². The van der Waals surface area contributed by atoms with E-state index >= 15 is 0 Å². The summed E-state index contributed by atoms with van der Waals surface area (Å²) in [6.07, 6.45) is 1.02. The zero-order chi connectivity index (χ0) is 14.4. The van der Waals surface area contributed by atoms with Crippen LogP contribution in [0.5, 0.6) is 0 Å². The average molecular weight is 440 g/mol. The summed E-state index contributed by atoms with van der Waals surface area (Å²) in [5, 5.41) is 14.3. The van der Waals surface area contributed by atoms with Crippen LogP contribution in [0.25, 0.3) is 0 Å². The van der Waals surface area contributed by atoms with Crippen molar-refractivity contribution in [3.63, 3.8) is 0 Å².